The number of amides is 1. The molecule has 2 heterocycles. The van der Waals surface area contributed by atoms with Gasteiger partial charge in [-0.05, 0) is 24.6 Å². The first-order valence-electron chi connectivity index (χ1n) is 12.3. The number of nitrogens with zero attached hydrogens (tertiary/aromatic N) is 2. The predicted octanol–water partition coefficient (Wildman–Crippen LogP) is 7.48. The Kier molecular flexibility index (Phi) is 6.00. The van der Waals surface area contributed by atoms with Crippen molar-refractivity contribution in [3.8, 4) is 0 Å². The number of fused-ring (bicyclic) bond motifs is 3. The van der Waals surface area contributed by atoms with Crippen molar-refractivity contribution in [3.63, 3.8) is 0 Å². The summed E-state index contributed by atoms with van der Waals surface area (Å²) in [5.74, 6) is 0.407. The molecule has 2 unspecified atom stereocenters. The number of non-ortho nitro benzene ring substituents is 1. The molecule has 0 saturated heterocycles. The minimum atomic E-state index is -1.18. The van der Waals surface area contributed by atoms with Gasteiger partial charge in [-0.25, -0.2) is 0 Å². The molecular weight excluding hydrogens is 496 g/mol. The van der Waals surface area contributed by atoms with E-state index in [1.54, 1.807) is 35.7 Å². The number of ether oxygens (including phenoxy) is 1. The quantitative estimate of drug-likeness (QED) is 0.206. The van der Waals surface area contributed by atoms with Gasteiger partial charge in [0.05, 0.1) is 16.2 Å². The molecule has 0 radical (unpaired) electrons. The first-order chi connectivity index (χ1) is 18.5. The highest BCUT2D eigenvalue weighted by molar-refractivity contribution is 7.99. The first-order valence-corrected chi connectivity index (χ1v) is 13.2. The molecule has 0 saturated carbocycles. The van der Waals surface area contributed by atoms with E-state index in [1.807, 2.05) is 91.0 Å². The third-order valence-corrected chi connectivity index (χ3v) is 8.37. The van der Waals surface area contributed by atoms with Crippen molar-refractivity contribution in [1.82, 2.24) is 0 Å². The zero-order chi connectivity index (χ0) is 26.3. The Bertz CT molecular complexity index is 1570. The molecule has 0 aromatic heterocycles. The normalized spacial score (nSPS) is 20.7. The molecule has 1 amide bonds. The maximum atomic E-state index is 14.3. The molecule has 6 rings (SSSR count). The minimum Gasteiger partial charge on any atom is -0.462 e. The number of anilines is 1. The molecule has 4 aromatic carbocycles. The van der Waals surface area contributed by atoms with Crippen LogP contribution >= 0.6 is 11.8 Å². The van der Waals surface area contributed by atoms with Crippen molar-refractivity contribution >= 4 is 34.8 Å². The number of para-hydroxylation sites is 1. The van der Waals surface area contributed by atoms with Gasteiger partial charge in [-0.2, -0.15) is 0 Å². The lowest BCUT2D eigenvalue weighted by Crippen LogP contribution is -2.55. The number of thioether (sulfide) groups is 1. The van der Waals surface area contributed by atoms with Gasteiger partial charge >= 0.3 is 0 Å². The predicted molar refractivity (Wildman–Crippen MR) is 148 cm³/mol. The van der Waals surface area contributed by atoms with Crippen LogP contribution in [0.1, 0.15) is 35.3 Å². The van der Waals surface area contributed by atoms with Crippen LogP contribution in [0, 0.1) is 10.1 Å². The smallest absolute Gasteiger partial charge is 0.269 e. The lowest BCUT2D eigenvalue weighted by molar-refractivity contribution is -0.384. The van der Waals surface area contributed by atoms with E-state index in [4.69, 9.17) is 4.74 Å². The molecule has 4 aromatic rings. The summed E-state index contributed by atoms with van der Waals surface area (Å²) in [6.45, 7) is 1.80. The summed E-state index contributed by atoms with van der Waals surface area (Å²) in [5, 5.41) is 11.4. The summed E-state index contributed by atoms with van der Waals surface area (Å²) < 4.78 is 7.04. The van der Waals surface area contributed by atoms with E-state index >= 15 is 0 Å². The first kappa shape index (κ1) is 24.0. The molecule has 6 nitrogen and oxygen atoms in total. The maximum absolute atomic E-state index is 14.3. The molecule has 7 heteroatoms. The number of rotatable bonds is 4. The van der Waals surface area contributed by atoms with E-state index in [0.717, 1.165) is 27.3 Å². The Hall–Kier alpha value is -4.36. The van der Waals surface area contributed by atoms with Crippen molar-refractivity contribution in [3.05, 3.63) is 142 Å². The average molecular weight is 521 g/mol. The Labute approximate surface area is 224 Å². The molecule has 38 heavy (non-hydrogen) atoms. The summed E-state index contributed by atoms with van der Waals surface area (Å²) in [5.41, 5.74) is 2.60. The lowest BCUT2D eigenvalue weighted by atomic mass is 9.89. The minimum absolute atomic E-state index is 0.0348. The molecule has 2 aliphatic rings. The molecule has 0 spiro atoms. The van der Waals surface area contributed by atoms with Crippen molar-refractivity contribution in [2.45, 2.75) is 29.2 Å². The van der Waals surface area contributed by atoms with E-state index in [2.05, 4.69) is 0 Å². The van der Waals surface area contributed by atoms with Crippen LogP contribution in [0.3, 0.4) is 0 Å². The van der Waals surface area contributed by atoms with Crippen LogP contribution < -0.4 is 4.90 Å². The standard InChI is InChI=1S/C31H24N2O4S/c1-21-29(22-11-4-2-5-12-22)37-31(24-14-6-3-7-15-24)20-28(23-13-10-16-25(19-23)33(35)36)38-27-18-9-8-17-26(27)32(31)30(21)34/h2-19,28H,20H2,1H3. The lowest BCUT2D eigenvalue weighted by Gasteiger charge is -2.48. The van der Waals surface area contributed by atoms with Gasteiger partial charge in [-0.3, -0.25) is 19.8 Å². The van der Waals surface area contributed by atoms with Crippen LogP contribution in [-0.4, -0.2) is 10.8 Å². The summed E-state index contributed by atoms with van der Waals surface area (Å²) in [7, 11) is 0. The van der Waals surface area contributed by atoms with Gasteiger partial charge < -0.3 is 4.74 Å². The van der Waals surface area contributed by atoms with Gasteiger partial charge in [-0.15, -0.1) is 11.8 Å². The van der Waals surface area contributed by atoms with E-state index in [0.29, 0.717) is 17.8 Å². The summed E-state index contributed by atoms with van der Waals surface area (Å²) in [6, 6.07) is 34.0. The zero-order valence-corrected chi connectivity index (χ0v) is 21.4. The van der Waals surface area contributed by atoms with Crippen LogP contribution in [0.15, 0.2) is 120 Å². The van der Waals surface area contributed by atoms with Crippen LogP contribution in [0.25, 0.3) is 5.76 Å². The summed E-state index contributed by atoms with van der Waals surface area (Å²) in [6.07, 6.45) is 0.382. The molecule has 0 bridgehead atoms. The molecule has 0 aliphatic carbocycles. The molecule has 188 valence electrons. The van der Waals surface area contributed by atoms with Gasteiger partial charge in [0.25, 0.3) is 11.6 Å². The zero-order valence-electron chi connectivity index (χ0n) is 20.6. The number of nitro benzene ring substituents is 1. The Morgan fingerprint density at radius 1 is 0.921 bits per heavy atom. The highest BCUT2D eigenvalue weighted by Gasteiger charge is 2.53. The van der Waals surface area contributed by atoms with Crippen molar-refractivity contribution in [2.75, 3.05) is 4.90 Å². The molecule has 2 aliphatic heterocycles. The van der Waals surface area contributed by atoms with Crippen molar-refractivity contribution < 1.29 is 14.5 Å². The maximum Gasteiger partial charge on any atom is 0.269 e. The largest absolute Gasteiger partial charge is 0.462 e. The number of carbonyl (C=O) groups excluding carboxylic acids is 1. The number of hydrogen-bond donors (Lipinski definition) is 0. The second-order valence-corrected chi connectivity index (χ2v) is 10.6. The fourth-order valence-corrected chi connectivity index (χ4v) is 6.57. The number of nitro groups is 1. The van der Waals surface area contributed by atoms with Crippen molar-refractivity contribution in [2.24, 2.45) is 0 Å². The number of benzene rings is 4. The second kappa shape index (κ2) is 9.50. The monoisotopic (exact) mass is 520 g/mol. The van der Waals surface area contributed by atoms with Gasteiger partial charge in [-0.1, -0.05) is 84.9 Å². The van der Waals surface area contributed by atoms with Gasteiger partial charge in [0.15, 0.2) is 0 Å². The van der Waals surface area contributed by atoms with E-state index in [-0.39, 0.29) is 21.8 Å². The van der Waals surface area contributed by atoms with Crippen LogP contribution in [0.5, 0.6) is 0 Å². The summed E-state index contributed by atoms with van der Waals surface area (Å²) >= 11 is 1.60. The second-order valence-electron chi connectivity index (χ2n) is 9.34. The third-order valence-electron chi connectivity index (χ3n) is 7.05. The highest BCUT2D eigenvalue weighted by Crippen LogP contribution is 2.57. The Balaban J connectivity index is 1.62. The van der Waals surface area contributed by atoms with Crippen LogP contribution in [0.2, 0.25) is 0 Å². The number of carbonyl (C=O) groups is 1. The Morgan fingerprint density at radius 2 is 1.61 bits per heavy atom. The fourth-order valence-electron chi connectivity index (χ4n) is 5.24. The Morgan fingerprint density at radius 3 is 2.34 bits per heavy atom. The third kappa shape index (κ3) is 3.96. The molecular formula is C31H24N2O4S. The van der Waals surface area contributed by atoms with Gasteiger partial charge in [0.2, 0.25) is 5.72 Å². The molecule has 2 atom stereocenters. The fraction of sp³-hybridized carbons (Fsp3) is 0.129. The summed E-state index contributed by atoms with van der Waals surface area (Å²) in [4.78, 5) is 28.2. The van der Waals surface area contributed by atoms with Gasteiger partial charge in [0, 0.05) is 39.8 Å². The van der Waals surface area contributed by atoms with E-state index < -0.39 is 5.72 Å². The van der Waals surface area contributed by atoms with E-state index in [1.165, 1.54) is 6.07 Å². The SMILES string of the molecule is CC1=C(c2ccccc2)OC2(c3ccccc3)CC(c3cccc([N+](=O)[O-])c3)Sc3ccccc3N2C1=O. The van der Waals surface area contributed by atoms with Crippen LogP contribution in [0.4, 0.5) is 11.4 Å². The van der Waals surface area contributed by atoms with Crippen LogP contribution in [-0.2, 0) is 15.3 Å². The highest BCUT2D eigenvalue weighted by atomic mass is 32.2. The molecule has 0 N–H and O–H groups in total. The average Bonchev–Trinajstić information content (AvgIpc) is 3.11. The molecule has 0 fully saturated rings. The topological polar surface area (TPSA) is 72.7 Å². The number of hydrogen-bond acceptors (Lipinski definition) is 5. The van der Waals surface area contributed by atoms with E-state index in [9.17, 15) is 14.9 Å². The van der Waals surface area contributed by atoms with Crippen molar-refractivity contribution in [1.29, 1.82) is 0 Å². The van der Waals surface area contributed by atoms with Gasteiger partial charge in [0.1, 0.15) is 5.76 Å².